The Kier molecular flexibility index (Phi) is 6.43. The van der Waals surface area contributed by atoms with E-state index < -0.39 is 27.4 Å². The van der Waals surface area contributed by atoms with Crippen LogP contribution >= 0.6 is 11.3 Å². The van der Waals surface area contributed by atoms with Gasteiger partial charge >= 0.3 is 5.97 Å². The first kappa shape index (κ1) is 22.1. The molecular formula is C20H15FN2O6S2. The van der Waals surface area contributed by atoms with Crippen LogP contribution in [-0.4, -0.2) is 38.7 Å². The van der Waals surface area contributed by atoms with Gasteiger partial charge in [-0.1, -0.05) is 5.92 Å². The molecule has 2 aromatic carbocycles. The van der Waals surface area contributed by atoms with Crippen molar-refractivity contribution in [3.63, 3.8) is 0 Å². The molecule has 0 unspecified atom stereocenters. The molecule has 31 heavy (non-hydrogen) atoms. The van der Waals surface area contributed by atoms with Crippen LogP contribution in [-0.2, 0) is 10.0 Å². The summed E-state index contributed by atoms with van der Waals surface area (Å²) in [6, 6.07) is 8.61. The molecule has 0 atom stereocenters. The Balaban J connectivity index is 1.84. The van der Waals surface area contributed by atoms with Gasteiger partial charge in [0.15, 0.2) is 10.0 Å². The van der Waals surface area contributed by atoms with Gasteiger partial charge in [0.05, 0.1) is 25.5 Å². The summed E-state index contributed by atoms with van der Waals surface area (Å²) in [5, 5.41) is 10.2. The fourth-order valence-corrected chi connectivity index (χ4v) is 4.40. The Labute approximate surface area is 181 Å². The van der Waals surface area contributed by atoms with Gasteiger partial charge < -0.3 is 14.6 Å². The zero-order valence-corrected chi connectivity index (χ0v) is 17.8. The standard InChI is InChI=1S/C20H15FN2O6S2/c1-28-13-6-3-12(4-7-13)5-8-18-22-19(11-30-18)31(26,27)23-16-10-15(21)14(20(24)25)9-17(16)29-2/h3-4,6-7,9-11,23H,1-2H3,(H,24,25). The van der Waals surface area contributed by atoms with Crippen LogP contribution in [0.15, 0.2) is 46.8 Å². The SMILES string of the molecule is COc1ccc(C#Cc2nc(S(=O)(=O)Nc3cc(F)c(C(=O)O)cc3OC)cs2)cc1. The van der Waals surface area contributed by atoms with Crippen LogP contribution in [0, 0.1) is 17.7 Å². The van der Waals surface area contributed by atoms with Gasteiger partial charge in [-0.15, -0.1) is 11.3 Å². The summed E-state index contributed by atoms with van der Waals surface area (Å²) in [5.41, 5.74) is -0.217. The van der Waals surface area contributed by atoms with Crippen molar-refractivity contribution in [1.29, 1.82) is 0 Å². The number of aromatic nitrogens is 1. The number of halogens is 1. The quantitative estimate of drug-likeness (QED) is 0.541. The maximum Gasteiger partial charge on any atom is 0.338 e. The predicted octanol–water partition coefficient (Wildman–Crippen LogP) is 3.20. The Bertz CT molecular complexity index is 1290. The third-order valence-electron chi connectivity index (χ3n) is 3.93. The van der Waals surface area contributed by atoms with Crippen molar-refractivity contribution in [2.24, 2.45) is 0 Å². The minimum atomic E-state index is -4.20. The molecule has 0 amide bonds. The van der Waals surface area contributed by atoms with Gasteiger partial charge in [0, 0.05) is 17.0 Å². The monoisotopic (exact) mass is 462 g/mol. The first-order valence-corrected chi connectivity index (χ1v) is 10.8. The van der Waals surface area contributed by atoms with Crippen molar-refractivity contribution >= 4 is 33.0 Å². The van der Waals surface area contributed by atoms with Crippen molar-refractivity contribution in [2.45, 2.75) is 5.03 Å². The number of benzene rings is 2. The molecule has 0 bridgehead atoms. The number of nitrogens with one attached hydrogen (secondary N) is 1. The lowest BCUT2D eigenvalue weighted by molar-refractivity contribution is 0.0691. The molecule has 0 fully saturated rings. The van der Waals surface area contributed by atoms with Crippen LogP contribution < -0.4 is 14.2 Å². The zero-order chi connectivity index (χ0) is 22.6. The minimum Gasteiger partial charge on any atom is -0.497 e. The molecule has 2 N–H and O–H groups in total. The Hall–Kier alpha value is -3.62. The number of aromatic carboxylic acids is 1. The van der Waals surface area contributed by atoms with Crippen molar-refractivity contribution in [3.05, 3.63) is 63.7 Å². The molecule has 0 spiro atoms. The highest BCUT2D eigenvalue weighted by molar-refractivity contribution is 7.92. The van der Waals surface area contributed by atoms with Gasteiger partial charge in [0.25, 0.3) is 10.0 Å². The highest BCUT2D eigenvalue weighted by Crippen LogP contribution is 2.30. The lowest BCUT2D eigenvalue weighted by Crippen LogP contribution is -2.15. The van der Waals surface area contributed by atoms with E-state index in [4.69, 9.17) is 14.6 Å². The molecule has 0 saturated heterocycles. The number of thiazole rings is 1. The number of methoxy groups -OCH3 is 2. The van der Waals surface area contributed by atoms with Crippen molar-refractivity contribution in [1.82, 2.24) is 4.98 Å². The van der Waals surface area contributed by atoms with Gasteiger partial charge in [0.2, 0.25) is 0 Å². The lowest BCUT2D eigenvalue weighted by Gasteiger charge is -2.12. The number of nitrogens with zero attached hydrogens (tertiary/aromatic N) is 1. The second-order valence-electron chi connectivity index (χ2n) is 5.91. The summed E-state index contributed by atoms with van der Waals surface area (Å²) in [4.78, 5) is 15.0. The van der Waals surface area contributed by atoms with E-state index in [1.165, 1.54) is 12.5 Å². The second-order valence-corrected chi connectivity index (χ2v) is 8.40. The number of ether oxygens (including phenoxy) is 2. The molecule has 0 aliphatic rings. The van der Waals surface area contributed by atoms with Crippen molar-refractivity contribution in [3.8, 4) is 23.3 Å². The molecule has 0 aliphatic heterocycles. The number of carbonyl (C=O) groups is 1. The van der Waals surface area contributed by atoms with Crippen LogP contribution in [0.3, 0.4) is 0 Å². The number of hydrogen-bond donors (Lipinski definition) is 2. The van der Waals surface area contributed by atoms with E-state index >= 15 is 0 Å². The minimum absolute atomic E-state index is 0.155. The van der Waals surface area contributed by atoms with E-state index in [-0.39, 0.29) is 21.5 Å². The summed E-state index contributed by atoms with van der Waals surface area (Å²) in [6.45, 7) is 0. The fraction of sp³-hybridized carbons (Fsp3) is 0.100. The molecule has 8 nitrogen and oxygen atoms in total. The van der Waals surface area contributed by atoms with E-state index in [2.05, 4.69) is 21.5 Å². The predicted molar refractivity (Wildman–Crippen MR) is 112 cm³/mol. The maximum atomic E-state index is 14.0. The second kappa shape index (κ2) is 9.03. The first-order chi connectivity index (χ1) is 14.7. The van der Waals surface area contributed by atoms with Crippen LogP contribution in [0.5, 0.6) is 11.5 Å². The van der Waals surface area contributed by atoms with E-state index in [0.29, 0.717) is 11.3 Å². The topological polar surface area (TPSA) is 115 Å². The van der Waals surface area contributed by atoms with Crippen LogP contribution in [0.25, 0.3) is 0 Å². The maximum absolute atomic E-state index is 14.0. The molecule has 11 heteroatoms. The van der Waals surface area contributed by atoms with Crippen LogP contribution in [0.2, 0.25) is 0 Å². The summed E-state index contributed by atoms with van der Waals surface area (Å²) in [5.74, 6) is 3.55. The molecule has 160 valence electrons. The number of carboxylic acids is 1. The van der Waals surface area contributed by atoms with Gasteiger partial charge in [0.1, 0.15) is 17.3 Å². The summed E-state index contributed by atoms with van der Waals surface area (Å²) < 4.78 is 51.5. The molecular weight excluding hydrogens is 447 g/mol. The van der Waals surface area contributed by atoms with E-state index in [1.54, 1.807) is 31.4 Å². The van der Waals surface area contributed by atoms with Gasteiger partial charge in [-0.2, -0.15) is 8.42 Å². The summed E-state index contributed by atoms with van der Waals surface area (Å²) >= 11 is 1.02. The first-order valence-electron chi connectivity index (χ1n) is 8.48. The molecule has 0 aliphatic carbocycles. The van der Waals surface area contributed by atoms with E-state index in [1.807, 2.05) is 0 Å². The van der Waals surface area contributed by atoms with Crippen molar-refractivity contribution < 1.29 is 32.2 Å². The third-order valence-corrected chi connectivity index (χ3v) is 6.08. The molecule has 3 rings (SSSR count). The van der Waals surface area contributed by atoms with Gasteiger partial charge in [-0.3, -0.25) is 4.72 Å². The number of hydrogen-bond acceptors (Lipinski definition) is 7. The van der Waals surface area contributed by atoms with Gasteiger partial charge in [-0.05, 0) is 36.3 Å². The Morgan fingerprint density at radius 2 is 1.87 bits per heavy atom. The molecule has 0 radical (unpaired) electrons. The van der Waals surface area contributed by atoms with E-state index in [9.17, 15) is 17.6 Å². The largest absolute Gasteiger partial charge is 0.497 e. The Morgan fingerprint density at radius 3 is 2.48 bits per heavy atom. The smallest absolute Gasteiger partial charge is 0.338 e. The number of rotatable bonds is 6. The third kappa shape index (κ3) is 5.11. The summed E-state index contributed by atoms with van der Waals surface area (Å²) in [6.07, 6.45) is 0. The highest BCUT2D eigenvalue weighted by atomic mass is 32.2. The lowest BCUT2D eigenvalue weighted by atomic mass is 10.2. The van der Waals surface area contributed by atoms with E-state index in [0.717, 1.165) is 23.5 Å². The molecule has 3 aromatic rings. The molecule has 1 aromatic heterocycles. The van der Waals surface area contributed by atoms with Crippen LogP contribution in [0.4, 0.5) is 10.1 Å². The van der Waals surface area contributed by atoms with Crippen molar-refractivity contribution in [2.75, 3.05) is 18.9 Å². The van der Waals surface area contributed by atoms with Crippen LogP contribution in [0.1, 0.15) is 20.9 Å². The number of sulfonamides is 1. The van der Waals surface area contributed by atoms with Gasteiger partial charge in [-0.25, -0.2) is 14.2 Å². The number of anilines is 1. The molecule has 1 heterocycles. The summed E-state index contributed by atoms with van der Waals surface area (Å²) in [7, 11) is -1.44. The average Bonchev–Trinajstić information content (AvgIpc) is 3.22. The number of carboxylic acid groups (broad SMARTS) is 1. The molecule has 0 saturated carbocycles. The average molecular weight is 462 g/mol. The highest BCUT2D eigenvalue weighted by Gasteiger charge is 2.22. The fourth-order valence-electron chi connectivity index (χ4n) is 2.40. The normalized spacial score (nSPS) is 10.7. The zero-order valence-electron chi connectivity index (χ0n) is 16.2. The Morgan fingerprint density at radius 1 is 1.16 bits per heavy atom.